The van der Waals surface area contributed by atoms with Gasteiger partial charge in [-0.3, -0.25) is 0 Å². The van der Waals surface area contributed by atoms with Crippen molar-refractivity contribution >= 4 is 0 Å². The Morgan fingerprint density at radius 1 is 0.667 bits per heavy atom. The molecular formula is C23H36O. The Kier molecular flexibility index (Phi) is 17.9. The summed E-state index contributed by atoms with van der Waals surface area (Å²) >= 11 is 0. The molecule has 0 unspecified atom stereocenters. The molecule has 0 saturated heterocycles. The number of hydrogen-bond acceptors (Lipinski definition) is 1. The van der Waals surface area contributed by atoms with Gasteiger partial charge in [0.25, 0.3) is 0 Å². The van der Waals surface area contributed by atoms with E-state index in [4.69, 9.17) is 5.11 Å². The maximum atomic E-state index is 8.71. The van der Waals surface area contributed by atoms with Gasteiger partial charge in [0, 0.05) is 0 Å². The molecule has 0 spiro atoms. The number of rotatable bonds is 14. The third-order valence-electron chi connectivity index (χ3n) is 3.70. The largest absolute Gasteiger partial charge is 0.515 e. The predicted molar refractivity (Wildman–Crippen MR) is 109 cm³/mol. The van der Waals surface area contributed by atoms with Crippen molar-refractivity contribution in [2.45, 2.75) is 71.6 Å². The SMILES string of the molecule is CCCCCCCCCC/C=C/C=C/C=C/C=C/C=C/C(C)=C/O. The van der Waals surface area contributed by atoms with Crippen LogP contribution in [0.15, 0.2) is 72.6 Å². The minimum absolute atomic E-state index is 0.838. The van der Waals surface area contributed by atoms with Gasteiger partial charge in [-0.05, 0) is 25.3 Å². The van der Waals surface area contributed by atoms with E-state index in [2.05, 4.69) is 25.2 Å². The van der Waals surface area contributed by atoms with Crippen LogP contribution in [-0.2, 0) is 0 Å². The Balaban J connectivity index is 3.53. The van der Waals surface area contributed by atoms with Crippen LogP contribution < -0.4 is 0 Å². The lowest BCUT2D eigenvalue weighted by Gasteiger charge is -1.99. The highest BCUT2D eigenvalue weighted by atomic mass is 16.2. The molecule has 1 nitrogen and oxygen atoms in total. The molecule has 0 amide bonds. The standard InChI is InChI=1S/C23H36O/c1-3-4-5-6-7-8-9-10-11-12-13-14-15-16-17-18-19-20-21-23(2)22-24/h12-22,24H,3-11H2,1-2H3/b13-12+,15-14+,17-16+,19-18+,21-20+,23-22+. The van der Waals surface area contributed by atoms with Gasteiger partial charge in [-0.15, -0.1) is 0 Å². The van der Waals surface area contributed by atoms with Crippen LogP contribution in [0.5, 0.6) is 0 Å². The molecule has 0 saturated carbocycles. The maximum absolute atomic E-state index is 8.71. The second-order valence-corrected chi connectivity index (χ2v) is 6.08. The molecule has 24 heavy (non-hydrogen) atoms. The van der Waals surface area contributed by atoms with Crippen molar-refractivity contribution in [1.82, 2.24) is 0 Å². The van der Waals surface area contributed by atoms with Crippen molar-refractivity contribution in [2.75, 3.05) is 0 Å². The third kappa shape index (κ3) is 18.3. The van der Waals surface area contributed by atoms with E-state index in [9.17, 15) is 0 Å². The summed E-state index contributed by atoms with van der Waals surface area (Å²) in [4.78, 5) is 0. The topological polar surface area (TPSA) is 20.2 Å². The van der Waals surface area contributed by atoms with Crippen LogP contribution in [0.1, 0.15) is 71.6 Å². The van der Waals surface area contributed by atoms with Crippen LogP contribution in [0.3, 0.4) is 0 Å². The summed E-state index contributed by atoms with van der Waals surface area (Å²) in [6.45, 7) is 4.12. The lowest BCUT2D eigenvalue weighted by Crippen LogP contribution is -1.79. The van der Waals surface area contributed by atoms with Crippen LogP contribution >= 0.6 is 0 Å². The van der Waals surface area contributed by atoms with Crippen molar-refractivity contribution in [3.05, 3.63) is 72.6 Å². The summed E-state index contributed by atoms with van der Waals surface area (Å²) < 4.78 is 0. The highest BCUT2D eigenvalue weighted by Crippen LogP contribution is 2.09. The Labute approximate surface area is 149 Å². The molecule has 0 rings (SSSR count). The van der Waals surface area contributed by atoms with Gasteiger partial charge in [-0.2, -0.15) is 0 Å². The highest BCUT2D eigenvalue weighted by Gasteiger charge is 1.89. The highest BCUT2D eigenvalue weighted by molar-refractivity contribution is 5.22. The van der Waals surface area contributed by atoms with Crippen molar-refractivity contribution < 1.29 is 5.11 Å². The van der Waals surface area contributed by atoms with Crippen molar-refractivity contribution in [3.8, 4) is 0 Å². The zero-order valence-electron chi connectivity index (χ0n) is 15.7. The van der Waals surface area contributed by atoms with Gasteiger partial charge < -0.3 is 5.11 Å². The van der Waals surface area contributed by atoms with E-state index in [1.165, 1.54) is 57.8 Å². The molecule has 1 N–H and O–H groups in total. The fraction of sp³-hybridized carbons (Fsp3) is 0.478. The van der Waals surface area contributed by atoms with Crippen molar-refractivity contribution in [3.63, 3.8) is 0 Å². The maximum Gasteiger partial charge on any atom is 0.0820 e. The monoisotopic (exact) mass is 328 g/mol. The lowest BCUT2D eigenvalue weighted by molar-refractivity contribution is 0.469. The van der Waals surface area contributed by atoms with Gasteiger partial charge in [0.15, 0.2) is 0 Å². The Hall–Kier alpha value is -1.76. The van der Waals surface area contributed by atoms with Gasteiger partial charge in [0.2, 0.25) is 0 Å². The summed E-state index contributed by atoms with van der Waals surface area (Å²) in [6.07, 6.45) is 33.5. The van der Waals surface area contributed by atoms with Crippen molar-refractivity contribution in [2.24, 2.45) is 0 Å². The molecule has 0 fully saturated rings. The molecule has 0 aromatic heterocycles. The van der Waals surface area contributed by atoms with Crippen molar-refractivity contribution in [1.29, 1.82) is 0 Å². The molecule has 0 aliphatic rings. The molecule has 0 aliphatic heterocycles. The summed E-state index contributed by atoms with van der Waals surface area (Å²) in [6, 6.07) is 0. The Morgan fingerprint density at radius 2 is 1.17 bits per heavy atom. The summed E-state index contributed by atoms with van der Waals surface area (Å²) in [5, 5.41) is 8.71. The zero-order valence-corrected chi connectivity index (χ0v) is 15.7. The van der Waals surface area contributed by atoms with E-state index in [-0.39, 0.29) is 0 Å². The van der Waals surface area contributed by atoms with Crippen LogP contribution in [0.4, 0.5) is 0 Å². The Bertz CT molecular complexity index is 433. The van der Waals surface area contributed by atoms with Crippen LogP contribution in [0, 0.1) is 0 Å². The fourth-order valence-electron chi connectivity index (χ4n) is 2.21. The zero-order chi connectivity index (χ0) is 17.7. The van der Waals surface area contributed by atoms with Gasteiger partial charge in [0.1, 0.15) is 0 Å². The van der Waals surface area contributed by atoms with E-state index in [0.717, 1.165) is 11.8 Å². The first-order valence-electron chi connectivity index (χ1n) is 9.45. The van der Waals surface area contributed by atoms with E-state index >= 15 is 0 Å². The first-order valence-corrected chi connectivity index (χ1v) is 9.45. The molecule has 0 atom stereocenters. The van der Waals surface area contributed by atoms with Gasteiger partial charge in [-0.1, -0.05) is 113 Å². The second-order valence-electron chi connectivity index (χ2n) is 6.08. The van der Waals surface area contributed by atoms with Crippen LogP contribution in [0.2, 0.25) is 0 Å². The smallest absolute Gasteiger partial charge is 0.0820 e. The first-order chi connectivity index (χ1) is 11.8. The number of allylic oxidation sites excluding steroid dienone is 11. The summed E-state index contributed by atoms with van der Waals surface area (Å²) in [5.74, 6) is 0. The number of hydrogen-bond donors (Lipinski definition) is 1. The average molecular weight is 329 g/mol. The predicted octanol–water partition coefficient (Wildman–Crippen LogP) is 7.76. The molecule has 0 aromatic carbocycles. The fourth-order valence-corrected chi connectivity index (χ4v) is 2.21. The van der Waals surface area contributed by atoms with Gasteiger partial charge >= 0.3 is 0 Å². The average Bonchev–Trinajstić information content (AvgIpc) is 2.60. The Morgan fingerprint density at radius 3 is 1.75 bits per heavy atom. The van der Waals surface area contributed by atoms with Crippen LogP contribution in [-0.4, -0.2) is 5.11 Å². The lowest BCUT2D eigenvalue weighted by atomic mass is 10.1. The molecular weight excluding hydrogens is 292 g/mol. The molecule has 0 aromatic rings. The van der Waals surface area contributed by atoms with E-state index in [1.807, 2.05) is 49.5 Å². The second kappa shape index (κ2) is 19.3. The van der Waals surface area contributed by atoms with E-state index in [0.29, 0.717) is 0 Å². The van der Waals surface area contributed by atoms with Gasteiger partial charge in [0.05, 0.1) is 6.26 Å². The minimum Gasteiger partial charge on any atom is -0.515 e. The molecule has 0 aliphatic carbocycles. The molecule has 0 heterocycles. The molecule has 0 radical (unpaired) electrons. The van der Waals surface area contributed by atoms with Crippen LogP contribution in [0.25, 0.3) is 0 Å². The summed E-state index contributed by atoms with van der Waals surface area (Å²) in [7, 11) is 0. The molecule has 0 bridgehead atoms. The summed E-state index contributed by atoms with van der Waals surface area (Å²) in [5.41, 5.74) is 0.838. The van der Waals surface area contributed by atoms with E-state index < -0.39 is 0 Å². The normalized spacial score (nSPS) is 13.7. The quantitative estimate of drug-likeness (QED) is 0.196. The minimum atomic E-state index is 0.838. The van der Waals surface area contributed by atoms with E-state index in [1.54, 1.807) is 0 Å². The molecule has 1 heteroatoms. The third-order valence-corrected chi connectivity index (χ3v) is 3.70. The number of unbranched alkanes of at least 4 members (excludes halogenated alkanes) is 8. The first kappa shape index (κ1) is 22.2. The number of aliphatic hydroxyl groups excluding tert-OH is 1. The number of aliphatic hydroxyl groups is 1. The van der Waals surface area contributed by atoms with Gasteiger partial charge in [-0.25, -0.2) is 0 Å². The molecule has 134 valence electrons.